The van der Waals surface area contributed by atoms with Gasteiger partial charge in [0.1, 0.15) is 18.1 Å². The van der Waals surface area contributed by atoms with E-state index >= 15 is 0 Å². The molecule has 0 fully saturated rings. The lowest BCUT2D eigenvalue weighted by Gasteiger charge is -1.91. The summed E-state index contributed by atoms with van der Waals surface area (Å²) < 4.78 is 5.12. The first-order valence-corrected chi connectivity index (χ1v) is 2.54. The Hall–Kier alpha value is -1.05. The average Bonchev–Trinajstić information content (AvgIpc) is 2.15. The van der Waals surface area contributed by atoms with Gasteiger partial charge in [-0.3, -0.25) is 4.99 Å². The molecular weight excluding hydrogens is 102 g/mol. The highest BCUT2D eigenvalue weighted by atomic mass is 16.5. The molecule has 0 bridgehead atoms. The van der Waals surface area contributed by atoms with Gasteiger partial charge in [0.2, 0.25) is 0 Å². The predicted octanol–water partition coefficient (Wildman–Crippen LogP) is 0.869. The predicted molar refractivity (Wildman–Crippen MR) is 30.6 cm³/mol. The molecule has 2 aliphatic heterocycles. The Morgan fingerprint density at radius 2 is 2.62 bits per heavy atom. The van der Waals surface area contributed by atoms with Gasteiger partial charge in [-0.05, 0) is 6.08 Å². The van der Waals surface area contributed by atoms with Gasteiger partial charge in [0.25, 0.3) is 0 Å². The van der Waals surface area contributed by atoms with E-state index in [-0.39, 0.29) is 0 Å². The molecule has 0 aromatic carbocycles. The van der Waals surface area contributed by atoms with Crippen LogP contribution in [0.1, 0.15) is 0 Å². The lowest BCUT2D eigenvalue weighted by molar-refractivity contribution is 0.277. The van der Waals surface area contributed by atoms with E-state index in [1.54, 1.807) is 6.21 Å². The summed E-state index contributed by atoms with van der Waals surface area (Å²) in [5.41, 5.74) is 0.991. The first-order chi connectivity index (χ1) is 3.97. The van der Waals surface area contributed by atoms with Crippen LogP contribution in [0.25, 0.3) is 0 Å². The molecule has 2 rings (SSSR count). The van der Waals surface area contributed by atoms with E-state index in [2.05, 4.69) is 4.99 Å². The van der Waals surface area contributed by atoms with E-state index in [0.717, 1.165) is 11.5 Å². The number of ether oxygens (including phenoxy) is 1. The zero-order valence-electron chi connectivity index (χ0n) is 4.29. The molecule has 0 spiro atoms. The largest absolute Gasteiger partial charge is 0.487 e. The highest BCUT2D eigenvalue weighted by Crippen LogP contribution is 2.21. The highest BCUT2D eigenvalue weighted by molar-refractivity contribution is 5.78. The second-order valence-corrected chi connectivity index (χ2v) is 1.71. The van der Waals surface area contributed by atoms with Crippen LogP contribution in [0.5, 0.6) is 0 Å². The van der Waals surface area contributed by atoms with Crippen LogP contribution >= 0.6 is 0 Å². The molecule has 0 atom stereocenters. The summed E-state index contributed by atoms with van der Waals surface area (Å²) in [6.45, 7) is 0.693. The van der Waals surface area contributed by atoms with Crippen molar-refractivity contribution < 1.29 is 4.74 Å². The van der Waals surface area contributed by atoms with Crippen LogP contribution in [0.15, 0.2) is 28.6 Å². The van der Waals surface area contributed by atoms with Crippen molar-refractivity contribution >= 4 is 6.21 Å². The van der Waals surface area contributed by atoms with Gasteiger partial charge in [0.05, 0.1) is 0 Å². The Labute approximate surface area is 47.2 Å². The summed E-state index contributed by atoms with van der Waals surface area (Å²) in [6.07, 6.45) is 5.59. The topological polar surface area (TPSA) is 21.6 Å². The van der Waals surface area contributed by atoms with E-state index in [1.165, 1.54) is 0 Å². The summed E-state index contributed by atoms with van der Waals surface area (Å²) >= 11 is 0. The van der Waals surface area contributed by atoms with Gasteiger partial charge in [0.15, 0.2) is 0 Å². The van der Waals surface area contributed by atoms with E-state index in [1.807, 2.05) is 12.2 Å². The molecule has 40 valence electrons. The molecule has 0 amide bonds. The second-order valence-electron chi connectivity index (χ2n) is 1.71. The zero-order chi connectivity index (χ0) is 5.40. The molecule has 0 aromatic heterocycles. The zero-order valence-corrected chi connectivity index (χ0v) is 4.29. The van der Waals surface area contributed by atoms with Gasteiger partial charge in [-0.2, -0.15) is 0 Å². The molecule has 0 saturated heterocycles. The third-order valence-electron chi connectivity index (χ3n) is 1.21. The van der Waals surface area contributed by atoms with Crippen molar-refractivity contribution in [2.24, 2.45) is 4.99 Å². The fourth-order valence-electron chi connectivity index (χ4n) is 0.820. The van der Waals surface area contributed by atoms with Crippen molar-refractivity contribution in [3.05, 3.63) is 23.6 Å². The highest BCUT2D eigenvalue weighted by Gasteiger charge is 2.13. The van der Waals surface area contributed by atoms with Crippen molar-refractivity contribution in [3.8, 4) is 0 Å². The molecule has 2 heteroatoms. The molecule has 0 aromatic rings. The van der Waals surface area contributed by atoms with Crippen LogP contribution in [-0.4, -0.2) is 12.8 Å². The molecule has 2 heterocycles. The number of nitrogens with zero attached hydrogens (tertiary/aromatic N) is 1. The minimum atomic E-state index is 0.693. The van der Waals surface area contributed by atoms with Crippen LogP contribution in [0, 0.1) is 0 Å². The summed E-state index contributed by atoms with van der Waals surface area (Å²) in [4.78, 5) is 4.02. The number of fused-ring (bicyclic) bond motifs is 1. The fraction of sp³-hybridized carbons (Fsp3) is 0.167. The molecule has 2 nitrogen and oxygen atoms in total. The molecule has 0 radical (unpaired) electrons. The SMILES string of the molecule is C1=NC2=CCOC2=C1. The smallest absolute Gasteiger partial charge is 0.146 e. The van der Waals surface area contributed by atoms with Crippen molar-refractivity contribution in [2.45, 2.75) is 0 Å². The van der Waals surface area contributed by atoms with Gasteiger partial charge in [0, 0.05) is 12.3 Å². The van der Waals surface area contributed by atoms with Crippen molar-refractivity contribution in [1.29, 1.82) is 0 Å². The lowest BCUT2D eigenvalue weighted by Crippen LogP contribution is -1.78. The summed E-state index contributed by atoms with van der Waals surface area (Å²) in [6, 6.07) is 0. The lowest BCUT2D eigenvalue weighted by atomic mass is 10.4. The number of rotatable bonds is 0. The number of hydrogen-bond donors (Lipinski definition) is 0. The molecule has 0 aliphatic carbocycles. The van der Waals surface area contributed by atoms with Gasteiger partial charge in [-0.15, -0.1) is 0 Å². The van der Waals surface area contributed by atoms with Crippen LogP contribution in [-0.2, 0) is 4.74 Å². The van der Waals surface area contributed by atoms with E-state index in [0.29, 0.717) is 6.61 Å². The third kappa shape index (κ3) is 0.346. The van der Waals surface area contributed by atoms with Crippen molar-refractivity contribution in [3.63, 3.8) is 0 Å². The Kier molecular flexibility index (Phi) is 0.592. The molecule has 0 unspecified atom stereocenters. The Morgan fingerprint density at radius 1 is 1.62 bits per heavy atom. The summed E-state index contributed by atoms with van der Waals surface area (Å²) in [5.74, 6) is 0.921. The Morgan fingerprint density at radius 3 is 3.50 bits per heavy atom. The summed E-state index contributed by atoms with van der Waals surface area (Å²) in [5, 5.41) is 0. The van der Waals surface area contributed by atoms with Crippen LogP contribution < -0.4 is 0 Å². The minimum Gasteiger partial charge on any atom is -0.487 e. The first kappa shape index (κ1) is 3.89. The number of hydrogen-bond acceptors (Lipinski definition) is 2. The quantitative estimate of drug-likeness (QED) is 0.450. The van der Waals surface area contributed by atoms with E-state index in [9.17, 15) is 0 Å². The molecule has 8 heavy (non-hydrogen) atoms. The van der Waals surface area contributed by atoms with Crippen LogP contribution in [0.3, 0.4) is 0 Å². The third-order valence-corrected chi connectivity index (χ3v) is 1.21. The van der Waals surface area contributed by atoms with Gasteiger partial charge in [-0.25, -0.2) is 0 Å². The van der Waals surface area contributed by atoms with Crippen LogP contribution in [0.4, 0.5) is 0 Å². The Bertz CT molecular complexity index is 201. The van der Waals surface area contributed by atoms with Crippen LogP contribution in [0.2, 0.25) is 0 Å². The fourth-order valence-corrected chi connectivity index (χ4v) is 0.820. The number of aliphatic imine (C=N–C) groups is 1. The standard InChI is InChI=1S/C6H5NO/c1-3-7-5-2-4-8-6(1)5/h1-3H,4H2. The van der Waals surface area contributed by atoms with Gasteiger partial charge < -0.3 is 4.74 Å². The van der Waals surface area contributed by atoms with Crippen molar-refractivity contribution in [2.75, 3.05) is 6.61 Å². The molecule has 2 aliphatic rings. The van der Waals surface area contributed by atoms with E-state index in [4.69, 9.17) is 4.74 Å². The second kappa shape index (κ2) is 1.22. The maximum atomic E-state index is 5.12. The molecule has 0 N–H and O–H groups in total. The molecule has 0 saturated carbocycles. The normalized spacial score (nSPS) is 22.0. The van der Waals surface area contributed by atoms with Gasteiger partial charge >= 0.3 is 0 Å². The number of allylic oxidation sites excluding steroid dienone is 1. The maximum Gasteiger partial charge on any atom is 0.146 e. The molecular formula is C6H5NO. The first-order valence-electron chi connectivity index (χ1n) is 2.54. The monoisotopic (exact) mass is 107 g/mol. The van der Waals surface area contributed by atoms with E-state index < -0.39 is 0 Å². The Balaban J connectivity index is 2.49. The van der Waals surface area contributed by atoms with Crippen molar-refractivity contribution in [1.82, 2.24) is 0 Å². The maximum absolute atomic E-state index is 5.12. The van der Waals surface area contributed by atoms with Gasteiger partial charge in [-0.1, -0.05) is 0 Å². The average molecular weight is 107 g/mol. The minimum absolute atomic E-state index is 0.693. The summed E-state index contributed by atoms with van der Waals surface area (Å²) in [7, 11) is 0.